The normalized spacial score (nSPS) is 10.9. The Labute approximate surface area is 206 Å². The number of furan rings is 1. The van der Waals surface area contributed by atoms with Gasteiger partial charge in [-0.2, -0.15) is 5.10 Å². The van der Waals surface area contributed by atoms with Crippen LogP contribution in [0.4, 0.5) is 5.69 Å². The zero-order valence-corrected chi connectivity index (χ0v) is 20.1. The van der Waals surface area contributed by atoms with E-state index in [1.807, 2.05) is 20.8 Å². The quantitative estimate of drug-likeness (QED) is 0.210. The third-order valence-corrected chi connectivity index (χ3v) is 4.91. The first-order valence-corrected chi connectivity index (χ1v) is 11.2. The molecule has 0 radical (unpaired) electrons. The van der Waals surface area contributed by atoms with Crippen LogP contribution < -0.4 is 19.6 Å². The summed E-state index contributed by atoms with van der Waals surface area (Å²) in [4.78, 5) is 23.2. The largest absolute Gasteiger partial charge is 0.490 e. The first kappa shape index (κ1) is 25.6. The lowest BCUT2D eigenvalue weighted by Crippen LogP contribution is -2.18. The van der Waals surface area contributed by atoms with Crippen LogP contribution in [0.5, 0.6) is 17.2 Å². The second-order valence-electron chi connectivity index (χ2n) is 6.92. The third-order valence-electron chi connectivity index (χ3n) is 4.58. The van der Waals surface area contributed by atoms with E-state index in [9.17, 15) is 14.9 Å². The van der Waals surface area contributed by atoms with Crippen LogP contribution in [-0.2, 0) is 0 Å². The molecule has 0 fully saturated rings. The first-order valence-electron chi connectivity index (χ1n) is 10.8. The minimum absolute atomic E-state index is 0.114. The van der Waals surface area contributed by atoms with E-state index in [0.29, 0.717) is 59.2 Å². The fraction of sp³-hybridized carbons (Fsp3) is 0.250. The zero-order chi connectivity index (χ0) is 25.4. The SMILES string of the molecule is CCOc1cc(C(=O)N/N=C\c2ccc(-c3cc([N+](=O)[O-])ccc3Cl)o2)cc(OCC)c1OCC. The van der Waals surface area contributed by atoms with E-state index in [1.54, 1.807) is 24.3 Å². The molecule has 0 aliphatic heterocycles. The molecule has 0 saturated carbocycles. The highest BCUT2D eigenvalue weighted by atomic mass is 35.5. The molecule has 0 bridgehead atoms. The molecule has 0 saturated heterocycles. The van der Waals surface area contributed by atoms with Gasteiger partial charge in [0.25, 0.3) is 11.6 Å². The molecule has 0 aliphatic rings. The Bertz CT molecular complexity index is 1210. The molecule has 1 aromatic heterocycles. The number of carbonyl (C=O) groups excluding carboxylic acids is 1. The first-order chi connectivity index (χ1) is 16.9. The molecule has 1 heterocycles. The topological polar surface area (TPSA) is 125 Å². The van der Waals surface area contributed by atoms with Gasteiger partial charge in [0.05, 0.1) is 36.0 Å². The van der Waals surface area contributed by atoms with Gasteiger partial charge in [0.2, 0.25) is 5.75 Å². The van der Waals surface area contributed by atoms with Crippen LogP contribution in [0.25, 0.3) is 11.3 Å². The van der Waals surface area contributed by atoms with E-state index < -0.39 is 10.8 Å². The minimum Gasteiger partial charge on any atom is -0.490 e. The monoisotopic (exact) mass is 501 g/mol. The van der Waals surface area contributed by atoms with E-state index in [-0.39, 0.29) is 11.3 Å². The summed E-state index contributed by atoms with van der Waals surface area (Å²) >= 11 is 6.16. The van der Waals surface area contributed by atoms with Crippen molar-refractivity contribution in [3.05, 3.63) is 68.9 Å². The average molecular weight is 502 g/mol. The van der Waals surface area contributed by atoms with E-state index in [1.165, 1.54) is 24.4 Å². The third kappa shape index (κ3) is 6.30. The number of hydrazone groups is 1. The van der Waals surface area contributed by atoms with Crippen LogP contribution in [0.2, 0.25) is 5.02 Å². The highest BCUT2D eigenvalue weighted by Crippen LogP contribution is 2.39. The van der Waals surface area contributed by atoms with Crippen LogP contribution >= 0.6 is 11.6 Å². The summed E-state index contributed by atoms with van der Waals surface area (Å²) < 4.78 is 22.6. The van der Waals surface area contributed by atoms with Gasteiger partial charge in [-0.3, -0.25) is 14.9 Å². The van der Waals surface area contributed by atoms with Gasteiger partial charge in [0.1, 0.15) is 11.5 Å². The standard InChI is InChI=1S/C24H24ClN3O7/c1-4-32-21-11-15(12-22(33-5-2)23(21)34-6-3)24(29)27-26-14-17-8-10-20(35-17)18-13-16(28(30)31)7-9-19(18)25/h7-14H,4-6H2,1-3H3,(H,27,29)/b26-14-. The molecule has 1 N–H and O–H groups in total. The Hall–Kier alpha value is -4.05. The number of rotatable bonds is 11. The second-order valence-corrected chi connectivity index (χ2v) is 7.33. The number of benzene rings is 2. The van der Waals surface area contributed by atoms with Crippen molar-refractivity contribution in [3.8, 4) is 28.6 Å². The molecule has 1 amide bonds. The summed E-state index contributed by atoms with van der Waals surface area (Å²) in [5, 5.41) is 15.3. The van der Waals surface area contributed by atoms with Crippen LogP contribution in [-0.4, -0.2) is 36.9 Å². The lowest BCUT2D eigenvalue weighted by atomic mass is 10.1. The van der Waals surface area contributed by atoms with Gasteiger partial charge in [-0.15, -0.1) is 0 Å². The number of nitrogens with one attached hydrogen (secondary N) is 1. The summed E-state index contributed by atoms with van der Waals surface area (Å²) in [5.74, 6) is 1.33. The van der Waals surface area contributed by atoms with Gasteiger partial charge < -0.3 is 18.6 Å². The Morgan fingerprint density at radius 2 is 1.71 bits per heavy atom. The Kier molecular flexibility index (Phi) is 8.69. The fourth-order valence-electron chi connectivity index (χ4n) is 3.12. The summed E-state index contributed by atoms with van der Waals surface area (Å²) in [6, 6.07) is 10.4. The number of nitro groups is 1. The molecular weight excluding hydrogens is 478 g/mol. The van der Waals surface area contributed by atoms with Crippen LogP contribution in [0.15, 0.2) is 52.0 Å². The maximum atomic E-state index is 12.7. The number of nitrogens with zero attached hydrogens (tertiary/aromatic N) is 2. The van der Waals surface area contributed by atoms with Crippen molar-refractivity contribution in [2.75, 3.05) is 19.8 Å². The number of carbonyl (C=O) groups is 1. The summed E-state index contributed by atoms with van der Waals surface area (Å²) in [5.41, 5.74) is 2.94. The van der Waals surface area contributed by atoms with E-state index in [2.05, 4.69) is 10.5 Å². The molecule has 35 heavy (non-hydrogen) atoms. The van der Waals surface area contributed by atoms with Gasteiger partial charge in [0, 0.05) is 23.3 Å². The molecule has 0 aliphatic carbocycles. The summed E-state index contributed by atoms with van der Waals surface area (Å²) in [6.07, 6.45) is 1.30. The maximum Gasteiger partial charge on any atom is 0.271 e. The van der Waals surface area contributed by atoms with Gasteiger partial charge >= 0.3 is 0 Å². The van der Waals surface area contributed by atoms with Crippen molar-refractivity contribution in [1.82, 2.24) is 5.43 Å². The predicted octanol–water partition coefficient (Wildman–Crippen LogP) is 5.47. The lowest BCUT2D eigenvalue weighted by molar-refractivity contribution is -0.384. The number of amides is 1. The van der Waals surface area contributed by atoms with E-state index in [4.69, 9.17) is 30.2 Å². The molecule has 3 aromatic rings. The Morgan fingerprint density at radius 1 is 1.06 bits per heavy atom. The average Bonchev–Trinajstić information content (AvgIpc) is 3.30. The van der Waals surface area contributed by atoms with Crippen molar-refractivity contribution in [2.24, 2.45) is 5.10 Å². The molecular formula is C24H24ClN3O7. The van der Waals surface area contributed by atoms with E-state index in [0.717, 1.165) is 0 Å². The maximum absolute atomic E-state index is 12.7. The zero-order valence-electron chi connectivity index (χ0n) is 19.4. The van der Waals surface area contributed by atoms with Crippen LogP contribution in [0.3, 0.4) is 0 Å². The van der Waals surface area contributed by atoms with E-state index >= 15 is 0 Å². The number of halogens is 1. The smallest absolute Gasteiger partial charge is 0.271 e. The summed E-state index contributed by atoms with van der Waals surface area (Å²) in [6.45, 7) is 6.65. The summed E-state index contributed by atoms with van der Waals surface area (Å²) in [7, 11) is 0. The predicted molar refractivity (Wildman–Crippen MR) is 131 cm³/mol. The second kappa shape index (κ2) is 11.9. The molecule has 184 valence electrons. The highest BCUT2D eigenvalue weighted by Gasteiger charge is 2.18. The van der Waals surface area contributed by atoms with Crippen molar-refractivity contribution < 1.29 is 28.3 Å². The number of ether oxygens (including phenoxy) is 3. The molecule has 0 spiro atoms. The van der Waals surface area contributed by atoms with Crippen molar-refractivity contribution in [2.45, 2.75) is 20.8 Å². The lowest BCUT2D eigenvalue weighted by Gasteiger charge is -2.16. The van der Waals surface area contributed by atoms with Crippen molar-refractivity contribution in [1.29, 1.82) is 0 Å². The molecule has 10 nitrogen and oxygen atoms in total. The fourth-order valence-corrected chi connectivity index (χ4v) is 3.33. The molecule has 0 unspecified atom stereocenters. The van der Waals surface area contributed by atoms with Crippen LogP contribution in [0, 0.1) is 10.1 Å². The molecule has 11 heteroatoms. The minimum atomic E-state index is -0.518. The van der Waals surface area contributed by atoms with Crippen LogP contribution in [0.1, 0.15) is 36.9 Å². The Morgan fingerprint density at radius 3 is 2.31 bits per heavy atom. The molecule has 2 aromatic carbocycles. The molecule has 3 rings (SSSR count). The van der Waals surface area contributed by atoms with Gasteiger partial charge in [-0.1, -0.05) is 11.6 Å². The Balaban J connectivity index is 1.77. The van der Waals surface area contributed by atoms with Gasteiger partial charge in [-0.05, 0) is 51.1 Å². The number of non-ortho nitro benzene ring substituents is 1. The van der Waals surface area contributed by atoms with Gasteiger partial charge in [-0.25, -0.2) is 5.43 Å². The number of nitro benzene ring substituents is 1. The van der Waals surface area contributed by atoms with Crippen molar-refractivity contribution >= 4 is 29.4 Å². The number of hydrogen-bond donors (Lipinski definition) is 1. The number of hydrogen-bond acceptors (Lipinski definition) is 8. The van der Waals surface area contributed by atoms with Crippen molar-refractivity contribution in [3.63, 3.8) is 0 Å². The van der Waals surface area contributed by atoms with Gasteiger partial charge in [0.15, 0.2) is 11.5 Å². The highest BCUT2D eigenvalue weighted by molar-refractivity contribution is 6.33. The molecule has 0 atom stereocenters.